The van der Waals surface area contributed by atoms with E-state index in [1.165, 1.54) is 12.8 Å². The van der Waals surface area contributed by atoms with Gasteiger partial charge in [0, 0.05) is 25.3 Å². The average molecular weight is 334 g/mol. The lowest BCUT2D eigenvalue weighted by Crippen LogP contribution is -2.43. The summed E-state index contributed by atoms with van der Waals surface area (Å²) < 4.78 is 5.67. The standard InChI is InChI=1S/C19H30N2O3/c1-2-3-4-7-12-20-19(23)21(15-17-10-8-13-24-17)14-16-9-5-6-11-18(16)22/h5-6,9,11,17,22H,2-4,7-8,10,12-15H2,1H3,(H,20,23). The van der Waals surface area contributed by atoms with Crippen LogP contribution in [0.4, 0.5) is 4.79 Å². The van der Waals surface area contributed by atoms with Crippen molar-refractivity contribution in [3.63, 3.8) is 0 Å². The number of unbranched alkanes of at least 4 members (excludes halogenated alkanes) is 3. The highest BCUT2D eigenvalue weighted by Crippen LogP contribution is 2.20. The van der Waals surface area contributed by atoms with Crippen LogP contribution in [0.3, 0.4) is 0 Å². The van der Waals surface area contributed by atoms with Crippen LogP contribution < -0.4 is 5.32 Å². The molecule has 0 spiro atoms. The summed E-state index contributed by atoms with van der Waals surface area (Å²) >= 11 is 0. The number of amides is 2. The van der Waals surface area contributed by atoms with Gasteiger partial charge in [0.25, 0.3) is 0 Å². The first-order valence-electron chi connectivity index (χ1n) is 9.12. The number of ether oxygens (including phenoxy) is 1. The van der Waals surface area contributed by atoms with Crippen LogP contribution in [0.2, 0.25) is 0 Å². The number of hydrogen-bond acceptors (Lipinski definition) is 3. The van der Waals surface area contributed by atoms with E-state index in [1.54, 1.807) is 17.0 Å². The van der Waals surface area contributed by atoms with Crippen molar-refractivity contribution in [3.8, 4) is 5.75 Å². The molecule has 2 N–H and O–H groups in total. The van der Waals surface area contributed by atoms with Gasteiger partial charge in [-0.1, -0.05) is 44.4 Å². The summed E-state index contributed by atoms with van der Waals surface area (Å²) in [6, 6.07) is 7.10. The number of para-hydroxylation sites is 1. The summed E-state index contributed by atoms with van der Waals surface area (Å²) in [7, 11) is 0. The van der Waals surface area contributed by atoms with Gasteiger partial charge in [0.2, 0.25) is 0 Å². The fourth-order valence-corrected chi connectivity index (χ4v) is 2.96. The summed E-state index contributed by atoms with van der Waals surface area (Å²) in [5.74, 6) is 0.227. The third kappa shape index (κ3) is 6.04. The lowest BCUT2D eigenvalue weighted by Gasteiger charge is -2.26. The maximum atomic E-state index is 12.6. The van der Waals surface area contributed by atoms with Gasteiger partial charge in [-0.05, 0) is 25.3 Å². The van der Waals surface area contributed by atoms with Gasteiger partial charge in [-0.3, -0.25) is 0 Å². The van der Waals surface area contributed by atoms with Crippen LogP contribution in [0.15, 0.2) is 24.3 Å². The van der Waals surface area contributed by atoms with E-state index in [1.807, 2.05) is 12.1 Å². The minimum Gasteiger partial charge on any atom is -0.508 e. The highest BCUT2D eigenvalue weighted by atomic mass is 16.5. The summed E-state index contributed by atoms with van der Waals surface area (Å²) in [6.45, 7) is 4.60. The normalized spacial score (nSPS) is 17.0. The molecule has 5 heteroatoms. The second-order valence-electron chi connectivity index (χ2n) is 6.44. The number of phenols is 1. The van der Waals surface area contributed by atoms with E-state index in [-0.39, 0.29) is 17.9 Å². The Labute approximate surface area is 145 Å². The zero-order valence-electron chi connectivity index (χ0n) is 14.7. The first-order chi connectivity index (χ1) is 11.7. The van der Waals surface area contributed by atoms with Gasteiger partial charge in [-0.25, -0.2) is 4.79 Å². The van der Waals surface area contributed by atoms with Crippen molar-refractivity contribution >= 4 is 6.03 Å². The molecule has 134 valence electrons. The molecule has 5 nitrogen and oxygen atoms in total. The van der Waals surface area contributed by atoms with Crippen LogP contribution in [-0.2, 0) is 11.3 Å². The number of aromatic hydroxyl groups is 1. The van der Waals surface area contributed by atoms with Gasteiger partial charge < -0.3 is 20.1 Å². The smallest absolute Gasteiger partial charge is 0.317 e. The predicted octanol–water partition coefficient (Wildman–Crippen LogP) is 3.66. The van der Waals surface area contributed by atoms with Crippen molar-refractivity contribution in [2.24, 2.45) is 0 Å². The topological polar surface area (TPSA) is 61.8 Å². The lowest BCUT2D eigenvalue weighted by atomic mass is 10.1. The zero-order valence-corrected chi connectivity index (χ0v) is 14.7. The number of carbonyl (C=O) groups excluding carboxylic acids is 1. The predicted molar refractivity (Wildman–Crippen MR) is 95.0 cm³/mol. The number of rotatable bonds is 9. The number of nitrogens with one attached hydrogen (secondary N) is 1. The molecule has 1 atom stereocenters. The molecular weight excluding hydrogens is 304 g/mol. The Morgan fingerprint density at radius 1 is 1.33 bits per heavy atom. The minimum atomic E-state index is -0.0785. The first kappa shape index (κ1) is 18.6. The number of carbonyl (C=O) groups is 1. The van der Waals surface area contributed by atoms with E-state index in [0.29, 0.717) is 19.6 Å². The van der Waals surface area contributed by atoms with Crippen LogP contribution in [0.1, 0.15) is 51.0 Å². The van der Waals surface area contributed by atoms with Gasteiger partial charge in [0.1, 0.15) is 5.75 Å². The van der Waals surface area contributed by atoms with E-state index in [2.05, 4.69) is 12.2 Å². The molecular formula is C19H30N2O3. The third-order valence-electron chi connectivity index (χ3n) is 4.39. The van der Waals surface area contributed by atoms with Crippen molar-refractivity contribution < 1.29 is 14.6 Å². The van der Waals surface area contributed by atoms with Crippen molar-refractivity contribution in [1.29, 1.82) is 0 Å². The fourth-order valence-electron chi connectivity index (χ4n) is 2.96. The van der Waals surface area contributed by atoms with Crippen LogP contribution >= 0.6 is 0 Å². The molecule has 1 saturated heterocycles. The van der Waals surface area contributed by atoms with Crippen molar-refractivity contribution in [3.05, 3.63) is 29.8 Å². The molecule has 1 aliphatic rings. The summed E-state index contributed by atoms with van der Waals surface area (Å²) in [4.78, 5) is 14.3. The SMILES string of the molecule is CCCCCCNC(=O)N(Cc1ccccc1O)CC1CCCO1. The van der Waals surface area contributed by atoms with Crippen LogP contribution in [-0.4, -0.2) is 41.8 Å². The second-order valence-corrected chi connectivity index (χ2v) is 6.44. The maximum Gasteiger partial charge on any atom is 0.317 e. The molecule has 1 aliphatic heterocycles. The summed E-state index contributed by atoms with van der Waals surface area (Å²) in [6.07, 6.45) is 6.67. The van der Waals surface area contributed by atoms with Crippen molar-refractivity contribution in [1.82, 2.24) is 10.2 Å². The molecule has 1 heterocycles. The fraction of sp³-hybridized carbons (Fsp3) is 0.632. The first-order valence-corrected chi connectivity index (χ1v) is 9.12. The van der Waals surface area contributed by atoms with Crippen LogP contribution in [0, 0.1) is 0 Å². The Balaban J connectivity index is 1.91. The van der Waals surface area contributed by atoms with E-state index in [0.717, 1.165) is 37.9 Å². The van der Waals surface area contributed by atoms with E-state index in [9.17, 15) is 9.90 Å². The summed E-state index contributed by atoms with van der Waals surface area (Å²) in [5.41, 5.74) is 0.761. The van der Waals surface area contributed by atoms with Crippen LogP contribution in [0.25, 0.3) is 0 Å². The molecule has 0 bridgehead atoms. The second kappa shape index (κ2) is 10.2. The number of nitrogens with zero attached hydrogens (tertiary/aromatic N) is 1. The maximum absolute atomic E-state index is 12.6. The largest absolute Gasteiger partial charge is 0.508 e. The minimum absolute atomic E-state index is 0.0785. The molecule has 0 aromatic heterocycles. The molecule has 0 aliphatic carbocycles. The van der Waals surface area contributed by atoms with Crippen LogP contribution in [0.5, 0.6) is 5.75 Å². The molecule has 1 unspecified atom stereocenters. The third-order valence-corrected chi connectivity index (χ3v) is 4.39. The Kier molecular flexibility index (Phi) is 7.89. The Morgan fingerprint density at radius 2 is 2.17 bits per heavy atom. The van der Waals surface area contributed by atoms with E-state index >= 15 is 0 Å². The highest BCUT2D eigenvalue weighted by molar-refractivity contribution is 5.74. The molecule has 24 heavy (non-hydrogen) atoms. The summed E-state index contributed by atoms with van der Waals surface area (Å²) in [5, 5.41) is 13.0. The molecule has 1 aromatic carbocycles. The van der Waals surface area contributed by atoms with Gasteiger partial charge in [0.15, 0.2) is 0 Å². The Bertz CT molecular complexity index is 501. The molecule has 0 radical (unpaired) electrons. The van der Waals surface area contributed by atoms with Crippen molar-refractivity contribution in [2.75, 3.05) is 19.7 Å². The number of phenolic OH excluding ortho intramolecular Hbond substituents is 1. The van der Waals surface area contributed by atoms with Crippen molar-refractivity contribution in [2.45, 2.75) is 58.1 Å². The van der Waals surface area contributed by atoms with Gasteiger partial charge in [0.05, 0.1) is 12.6 Å². The number of hydrogen-bond donors (Lipinski definition) is 2. The Morgan fingerprint density at radius 3 is 2.88 bits per heavy atom. The van der Waals surface area contributed by atoms with Gasteiger partial charge in [-0.2, -0.15) is 0 Å². The number of urea groups is 1. The molecule has 2 amide bonds. The van der Waals surface area contributed by atoms with Gasteiger partial charge >= 0.3 is 6.03 Å². The number of benzene rings is 1. The zero-order chi connectivity index (χ0) is 17.2. The Hall–Kier alpha value is -1.75. The molecule has 2 rings (SSSR count). The lowest BCUT2D eigenvalue weighted by molar-refractivity contribution is 0.0793. The van der Waals surface area contributed by atoms with E-state index < -0.39 is 0 Å². The van der Waals surface area contributed by atoms with E-state index in [4.69, 9.17) is 4.74 Å². The average Bonchev–Trinajstić information content (AvgIpc) is 3.09. The molecule has 1 fully saturated rings. The molecule has 1 aromatic rings. The quantitative estimate of drug-likeness (QED) is 0.678. The van der Waals surface area contributed by atoms with Gasteiger partial charge in [-0.15, -0.1) is 0 Å². The monoisotopic (exact) mass is 334 g/mol. The molecule has 0 saturated carbocycles. The highest BCUT2D eigenvalue weighted by Gasteiger charge is 2.23.